The minimum absolute atomic E-state index is 0.0533. The number of benzene rings is 2. The van der Waals surface area contributed by atoms with Crippen LogP contribution in [0.2, 0.25) is 0 Å². The summed E-state index contributed by atoms with van der Waals surface area (Å²) in [6, 6.07) is 10.1. The molecule has 0 unspecified atom stereocenters. The van der Waals surface area contributed by atoms with Gasteiger partial charge < -0.3 is 5.32 Å². The number of amides is 1. The van der Waals surface area contributed by atoms with Gasteiger partial charge in [0, 0.05) is 27.6 Å². The van der Waals surface area contributed by atoms with E-state index in [1.807, 2.05) is 0 Å². The highest BCUT2D eigenvalue weighted by Crippen LogP contribution is 2.25. The highest BCUT2D eigenvalue weighted by molar-refractivity contribution is 9.11. The van der Waals surface area contributed by atoms with Crippen molar-refractivity contribution in [2.45, 2.75) is 11.3 Å². The quantitative estimate of drug-likeness (QED) is 0.663. The molecule has 2 rings (SSSR count). The van der Waals surface area contributed by atoms with E-state index in [4.69, 9.17) is 0 Å². The van der Waals surface area contributed by atoms with Gasteiger partial charge in [-0.15, -0.1) is 0 Å². The van der Waals surface area contributed by atoms with Gasteiger partial charge in [-0.1, -0.05) is 15.9 Å². The number of anilines is 1. The van der Waals surface area contributed by atoms with Gasteiger partial charge in [-0.25, -0.2) is 17.5 Å². The van der Waals surface area contributed by atoms with Crippen molar-refractivity contribution in [1.82, 2.24) is 4.72 Å². The Labute approximate surface area is 156 Å². The summed E-state index contributed by atoms with van der Waals surface area (Å²) in [5.41, 5.74) is 0.444. The third-order valence-electron chi connectivity index (χ3n) is 2.95. The lowest BCUT2D eigenvalue weighted by Crippen LogP contribution is -2.28. The van der Waals surface area contributed by atoms with Gasteiger partial charge >= 0.3 is 0 Å². The van der Waals surface area contributed by atoms with Crippen LogP contribution in [0.1, 0.15) is 6.42 Å². The van der Waals surface area contributed by atoms with Crippen LogP contribution in [-0.2, 0) is 14.8 Å². The van der Waals surface area contributed by atoms with Crippen LogP contribution in [0.3, 0.4) is 0 Å². The summed E-state index contributed by atoms with van der Waals surface area (Å²) in [5.74, 6) is -0.780. The third-order valence-corrected chi connectivity index (χ3v) is 5.90. The van der Waals surface area contributed by atoms with Crippen LogP contribution in [0, 0.1) is 5.82 Å². The van der Waals surface area contributed by atoms with Gasteiger partial charge in [0.15, 0.2) is 0 Å². The highest BCUT2D eigenvalue weighted by Gasteiger charge is 2.18. The van der Waals surface area contributed by atoms with Gasteiger partial charge in [-0.2, -0.15) is 0 Å². The van der Waals surface area contributed by atoms with Crippen molar-refractivity contribution in [2.75, 3.05) is 11.9 Å². The molecule has 1 amide bonds. The fraction of sp³-hybridized carbons (Fsp3) is 0.133. The summed E-state index contributed by atoms with van der Waals surface area (Å²) < 4.78 is 40.7. The molecule has 2 N–H and O–H groups in total. The van der Waals surface area contributed by atoms with E-state index >= 15 is 0 Å². The van der Waals surface area contributed by atoms with Gasteiger partial charge in [0.2, 0.25) is 15.9 Å². The fourth-order valence-electron chi connectivity index (χ4n) is 1.82. The zero-order valence-electron chi connectivity index (χ0n) is 12.2. The molecule has 0 aliphatic rings. The topological polar surface area (TPSA) is 75.3 Å². The van der Waals surface area contributed by atoms with Crippen molar-refractivity contribution in [3.63, 3.8) is 0 Å². The smallest absolute Gasteiger partial charge is 0.241 e. The van der Waals surface area contributed by atoms with E-state index in [2.05, 4.69) is 41.9 Å². The molecule has 24 heavy (non-hydrogen) atoms. The SMILES string of the molecule is O=C(CCNS(=O)(=O)c1cc(Br)ccc1Br)Nc1ccc(F)cc1. The van der Waals surface area contributed by atoms with E-state index in [-0.39, 0.29) is 23.8 Å². The molecule has 0 bridgehead atoms. The molecular formula is C15H13Br2FN2O3S. The minimum Gasteiger partial charge on any atom is -0.326 e. The van der Waals surface area contributed by atoms with Crippen LogP contribution >= 0.6 is 31.9 Å². The zero-order chi connectivity index (χ0) is 17.7. The minimum atomic E-state index is -3.74. The molecule has 0 fully saturated rings. The summed E-state index contributed by atoms with van der Waals surface area (Å²) in [5, 5.41) is 2.56. The number of rotatable bonds is 6. The van der Waals surface area contributed by atoms with E-state index in [1.54, 1.807) is 12.1 Å². The van der Waals surface area contributed by atoms with Crippen LogP contribution in [0.4, 0.5) is 10.1 Å². The molecule has 0 atom stereocenters. The third kappa shape index (κ3) is 5.37. The van der Waals surface area contributed by atoms with Gasteiger partial charge in [0.05, 0.1) is 4.90 Å². The molecule has 0 saturated carbocycles. The van der Waals surface area contributed by atoms with Gasteiger partial charge in [-0.05, 0) is 58.4 Å². The van der Waals surface area contributed by atoms with Crippen molar-refractivity contribution in [2.24, 2.45) is 0 Å². The monoisotopic (exact) mass is 478 g/mol. The maximum Gasteiger partial charge on any atom is 0.241 e. The highest BCUT2D eigenvalue weighted by atomic mass is 79.9. The Morgan fingerprint density at radius 1 is 1.08 bits per heavy atom. The first kappa shape index (κ1) is 19.0. The Kier molecular flexibility index (Phi) is 6.50. The number of carbonyl (C=O) groups excluding carboxylic acids is 1. The van der Waals surface area contributed by atoms with Gasteiger partial charge in [-0.3, -0.25) is 4.79 Å². The maximum atomic E-state index is 12.8. The van der Waals surface area contributed by atoms with E-state index in [0.717, 1.165) is 0 Å². The predicted molar refractivity (Wildman–Crippen MR) is 96.7 cm³/mol. The summed E-state index contributed by atoms with van der Waals surface area (Å²) in [4.78, 5) is 11.9. The van der Waals surface area contributed by atoms with E-state index in [0.29, 0.717) is 14.6 Å². The van der Waals surface area contributed by atoms with Gasteiger partial charge in [0.1, 0.15) is 5.82 Å². The number of nitrogens with one attached hydrogen (secondary N) is 2. The zero-order valence-corrected chi connectivity index (χ0v) is 16.2. The lowest BCUT2D eigenvalue weighted by atomic mass is 10.3. The second-order valence-electron chi connectivity index (χ2n) is 4.78. The number of carbonyl (C=O) groups is 1. The molecule has 0 aromatic heterocycles. The van der Waals surface area contributed by atoms with Crippen molar-refractivity contribution in [3.8, 4) is 0 Å². The van der Waals surface area contributed by atoms with Gasteiger partial charge in [0.25, 0.3) is 0 Å². The lowest BCUT2D eigenvalue weighted by Gasteiger charge is -2.09. The van der Waals surface area contributed by atoms with Crippen molar-refractivity contribution in [3.05, 3.63) is 57.2 Å². The average Bonchev–Trinajstić information content (AvgIpc) is 2.51. The Morgan fingerprint density at radius 3 is 2.42 bits per heavy atom. The number of hydrogen-bond acceptors (Lipinski definition) is 3. The normalized spacial score (nSPS) is 11.3. The summed E-state index contributed by atoms with van der Waals surface area (Å²) in [7, 11) is -3.74. The molecule has 0 spiro atoms. The summed E-state index contributed by atoms with van der Waals surface area (Å²) >= 11 is 6.41. The summed E-state index contributed by atoms with van der Waals surface area (Å²) in [6.45, 7) is -0.0612. The van der Waals surface area contributed by atoms with Crippen LogP contribution in [0.5, 0.6) is 0 Å². The molecule has 2 aromatic carbocycles. The molecule has 5 nitrogen and oxygen atoms in total. The molecule has 0 saturated heterocycles. The van der Waals surface area contributed by atoms with Crippen LogP contribution in [-0.4, -0.2) is 20.9 Å². The molecule has 2 aromatic rings. The average molecular weight is 480 g/mol. The number of sulfonamides is 1. The van der Waals surface area contributed by atoms with E-state index in [9.17, 15) is 17.6 Å². The van der Waals surface area contributed by atoms with Crippen LogP contribution in [0.15, 0.2) is 56.3 Å². The predicted octanol–water partition coefficient (Wildman–Crippen LogP) is 3.66. The molecule has 0 heterocycles. The van der Waals surface area contributed by atoms with Crippen LogP contribution < -0.4 is 10.0 Å². The standard InChI is InChI=1S/C15H13Br2FN2O3S/c16-10-1-6-13(17)14(9-10)24(22,23)19-8-7-15(21)20-12-4-2-11(18)3-5-12/h1-6,9,19H,7-8H2,(H,20,21). The second kappa shape index (κ2) is 8.19. The van der Waals surface area contributed by atoms with E-state index in [1.165, 1.54) is 30.3 Å². The Morgan fingerprint density at radius 2 is 1.75 bits per heavy atom. The largest absolute Gasteiger partial charge is 0.326 e. The second-order valence-corrected chi connectivity index (χ2v) is 8.28. The van der Waals surface area contributed by atoms with Crippen molar-refractivity contribution in [1.29, 1.82) is 0 Å². The first-order valence-corrected chi connectivity index (χ1v) is 9.85. The Hall–Kier alpha value is -1.29. The lowest BCUT2D eigenvalue weighted by molar-refractivity contribution is -0.116. The number of halogens is 3. The number of hydrogen-bond donors (Lipinski definition) is 2. The molecule has 128 valence electrons. The van der Waals surface area contributed by atoms with Crippen molar-refractivity contribution >= 4 is 53.5 Å². The molecule has 9 heteroatoms. The maximum absolute atomic E-state index is 12.8. The Bertz CT molecular complexity index is 842. The van der Waals surface area contributed by atoms with Crippen molar-refractivity contribution < 1.29 is 17.6 Å². The molecule has 0 aliphatic heterocycles. The molecular weight excluding hydrogens is 467 g/mol. The fourth-order valence-corrected chi connectivity index (χ4v) is 4.35. The molecule has 0 aliphatic carbocycles. The first-order chi connectivity index (χ1) is 11.3. The van der Waals surface area contributed by atoms with E-state index < -0.39 is 15.8 Å². The summed E-state index contributed by atoms with van der Waals surface area (Å²) in [6.07, 6.45) is -0.0533. The first-order valence-electron chi connectivity index (χ1n) is 6.78. The van der Waals surface area contributed by atoms with Crippen LogP contribution in [0.25, 0.3) is 0 Å². The molecule has 0 radical (unpaired) electrons. The Balaban J connectivity index is 1.91.